The molecule has 1 amide bonds. The molecule has 0 aliphatic carbocycles. The first-order chi connectivity index (χ1) is 12.7. The molecule has 1 unspecified atom stereocenters. The Morgan fingerprint density at radius 1 is 0.923 bits per heavy atom. The number of nitrogens with zero attached hydrogens (tertiary/aromatic N) is 2. The Bertz CT molecular complexity index is 464. The van der Waals surface area contributed by atoms with Gasteiger partial charge in [-0.2, -0.15) is 0 Å². The fraction of sp³-hybridized carbons (Fsp3) is 0.727. The number of pyridine rings is 1. The number of aromatic nitrogens is 1. The van der Waals surface area contributed by atoms with Crippen molar-refractivity contribution in [3.05, 3.63) is 24.5 Å². The molecule has 0 spiro atoms. The van der Waals surface area contributed by atoms with Gasteiger partial charge in [0.15, 0.2) is 0 Å². The Kier molecular flexibility index (Phi) is 12.6. The lowest BCUT2D eigenvalue weighted by atomic mass is 10.0. The van der Waals surface area contributed by atoms with Gasteiger partial charge in [0.25, 0.3) is 0 Å². The van der Waals surface area contributed by atoms with Crippen molar-refractivity contribution in [1.82, 2.24) is 4.98 Å². The molecule has 0 bridgehead atoms. The molecule has 4 heteroatoms. The van der Waals surface area contributed by atoms with E-state index in [0.717, 1.165) is 31.4 Å². The summed E-state index contributed by atoms with van der Waals surface area (Å²) in [5.74, 6) is 0. The number of amides is 1. The standard InChI is InChI=1S/C22H38N2O2/c1-4-6-8-9-10-11-13-15-21(14-12-7-5-2)26-22(25)24(3)20-16-18-23-19-17-20/h16-19,21H,4-15H2,1-3H3. The first kappa shape index (κ1) is 22.5. The summed E-state index contributed by atoms with van der Waals surface area (Å²) in [6, 6.07) is 3.65. The van der Waals surface area contributed by atoms with Crippen LogP contribution in [-0.2, 0) is 4.74 Å². The lowest BCUT2D eigenvalue weighted by molar-refractivity contribution is 0.0910. The van der Waals surface area contributed by atoms with E-state index in [9.17, 15) is 4.79 Å². The lowest BCUT2D eigenvalue weighted by Crippen LogP contribution is -2.31. The van der Waals surface area contributed by atoms with Gasteiger partial charge in [0.2, 0.25) is 0 Å². The number of unbranched alkanes of at least 4 members (excludes halogenated alkanes) is 8. The first-order valence-electron chi connectivity index (χ1n) is 10.5. The van der Waals surface area contributed by atoms with Gasteiger partial charge in [-0.15, -0.1) is 0 Å². The van der Waals surface area contributed by atoms with Crippen LogP contribution < -0.4 is 4.90 Å². The predicted octanol–water partition coefficient (Wildman–Crippen LogP) is 6.74. The van der Waals surface area contributed by atoms with Crippen LogP contribution in [0.15, 0.2) is 24.5 Å². The molecule has 0 N–H and O–H groups in total. The van der Waals surface area contributed by atoms with Gasteiger partial charge in [-0.3, -0.25) is 9.88 Å². The van der Waals surface area contributed by atoms with Crippen LogP contribution >= 0.6 is 0 Å². The molecule has 0 saturated heterocycles. The Hall–Kier alpha value is -1.58. The minimum absolute atomic E-state index is 0.0361. The smallest absolute Gasteiger partial charge is 0.414 e. The average molecular weight is 363 g/mol. The SMILES string of the molecule is CCCCCCCCCC(CCCCC)OC(=O)N(C)c1ccncc1. The normalized spacial score (nSPS) is 12.0. The Labute approximate surface area is 160 Å². The van der Waals surface area contributed by atoms with Crippen molar-refractivity contribution in [3.8, 4) is 0 Å². The molecule has 0 saturated carbocycles. The Morgan fingerprint density at radius 3 is 2.04 bits per heavy atom. The summed E-state index contributed by atoms with van der Waals surface area (Å²) in [6.07, 6.45) is 17.6. The minimum Gasteiger partial charge on any atom is -0.446 e. The molecule has 1 atom stereocenters. The molecule has 26 heavy (non-hydrogen) atoms. The maximum Gasteiger partial charge on any atom is 0.414 e. The molecule has 1 heterocycles. The van der Waals surface area contributed by atoms with E-state index in [0.29, 0.717) is 0 Å². The predicted molar refractivity (Wildman–Crippen MR) is 110 cm³/mol. The quantitative estimate of drug-likeness (QED) is 0.344. The van der Waals surface area contributed by atoms with Crippen LogP contribution in [0.1, 0.15) is 90.9 Å². The third-order valence-electron chi connectivity index (χ3n) is 4.85. The summed E-state index contributed by atoms with van der Waals surface area (Å²) < 4.78 is 5.82. The summed E-state index contributed by atoms with van der Waals surface area (Å²) in [5, 5.41) is 0. The largest absolute Gasteiger partial charge is 0.446 e. The highest BCUT2D eigenvalue weighted by atomic mass is 16.6. The summed E-state index contributed by atoms with van der Waals surface area (Å²) in [7, 11) is 1.76. The highest BCUT2D eigenvalue weighted by molar-refractivity contribution is 5.86. The van der Waals surface area contributed by atoms with E-state index < -0.39 is 0 Å². The fourth-order valence-electron chi connectivity index (χ4n) is 3.11. The zero-order chi connectivity index (χ0) is 19.0. The maximum atomic E-state index is 12.5. The third kappa shape index (κ3) is 9.79. The zero-order valence-corrected chi connectivity index (χ0v) is 17.1. The van der Waals surface area contributed by atoms with E-state index in [-0.39, 0.29) is 12.2 Å². The van der Waals surface area contributed by atoms with Crippen LogP contribution in [0, 0.1) is 0 Å². The van der Waals surface area contributed by atoms with Crippen molar-refractivity contribution in [2.75, 3.05) is 11.9 Å². The van der Waals surface area contributed by atoms with E-state index in [1.54, 1.807) is 24.3 Å². The molecule has 0 aromatic carbocycles. The van der Waals surface area contributed by atoms with Gasteiger partial charge in [-0.25, -0.2) is 4.79 Å². The van der Waals surface area contributed by atoms with Crippen molar-refractivity contribution >= 4 is 11.8 Å². The summed E-state index contributed by atoms with van der Waals surface area (Å²) in [4.78, 5) is 18.0. The van der Waals surface area contributed by atoms with Gasteiger partial charge < -0.3 is 4.74 Å². The fourth-order valence-corrected chi connectivity index (χ4v) is 3.11. The second-order valence-electron chi connectivity index (χ2n) is 7.18. The van der Waals surface area contributed by atoms with Gasteiger partial charge >= 0.3 is 6.09 Å². The van der Waals surface area contributed by atoms with Gasteiger partial charge in [0.1, 0.15) is 6.10 Å². The molecular formula is C22H38N2O2. The summed E-state index contributed by atoms with van der Waals surface area (Å²) in [5.41, 5.74) is 0.813. The monoisotopic (exact) mass is 362 g/mol. The third-order valence-corrected chi connectivity index (χ3v) is 4.85. The van der Waals surface area contributed by atoms with E-state index >= 15 is 0 Å². The summed E-state index contributed by atoms with van der Waals surface area (Å²) >= 11 is 0. The van der Waals surface area contributed by atoms with Crippen molar-refractivity contribution in [2.24, 2.45) is 0 Å². The molecule has 1 aromatic rings. The van der Waals surface area contributed by atoms with Crippen LogP contribution in [0.4, 0.5) is 10.5 Å². The Balaban J connectivity index is 2.39. The van der Waals surface area contributed by atoms with E-state index in [1.165, 1.54) is 51.4 Å². The topological polar surface area (TPSA) is 42.4 Å². The van der Waals surface area contributed by atoms with Crippen molar-refractivity contribution < 1.29 is 9.53 Å². The molecule has 0 aliphatic heterocycles. The number of anilines is 1. The second-order valence-corrected chi connectivity index (χ2v) is 7.18. The first-order valence-corrected chi connectivity index (χ1v) is 10.5. The van der Waals surface area contributed by atoms with Crippen LogP contribution in [0.2, 0.25) is 0 Å². The van der Waals surface area contributed by atoms with Gasteiger partial charge in [0, 0.05) is 25.1 Å². The highest BCUT2D eigenvalue weighted by Crippen LogP contribution is 2.18. The van der Waals surface area contributed by atoms with Crippen molar-refractivity contribution in [1.29, 1.82) is 0 Å². The number of carbonyl (C=O) groups is 1. The molecule has 0 fully saturated rings. The van der Waals surface area contributed by atoms with Crippen LogP contribution in [-0.4, -0.2) is 24.2 Å². The van der Waals surface area contributed by atoms with Crippen LogP contribution in [0.25, 0.3) is 0 Å². The van der Waals surface area contributed by atoms with E-state index in [2.05, 4.69) is 18.8 Å². The van der Waals surface area contributed by atoms with Gasteiger partial charge in [-0.05, 0) is 37.8 Å². The molecule has 148 valence electrons. The lowest BCUT2D eigenvalue weighted by Gasteiger charge is -2.23. The van der Waals surface area contributed by atoms with E-state index in [1.807, 2.05) is 12.1 Å². The average Bonchev–Trinajstić information content (AvgIpc) is 2.67. The molecule has 0 aliphatic rings. The van der Waals surface area contributed by atoms with Gasteiger partial charge in [0.05, 0.1) is 0 Å². The van der Waals surface area contributed by atoms with Crippen molar-refractivity contribution in [2.45, 2.75) is 97.0 Å². The highest BCUT2D eigenvalue weighted by Gasteiger charge is 2.18. The van der Waals surface area contributed by atoms with Crippen molar-refractivity contribution in [3.63, 3.8) is 0 Å². The number of rotatable bonds is 14. The second kappa shape index (κ2) is 14.6. The van der Waals surface area contributed by atoms with Crippen LogP contribution in [0.3, 0.4) is 0 Å². The van der Waals surface area contributed by atoms with Crippen LogP contribution in [0.5, 0.6) is 0 Å². The maximum absolute atomic E-state index is 12.5. The summed E-state index contributed by atoms with van der Waals surface area (Å²) in [6.45, 7) is 4.45. The van der Waals surface area contributed by atoms with E-state index in [4.69, 9.17) is 4.74 Å². The minimum atomic E-state index is -0.263. The molecule has 1 rings (SSSR count). The number of hydrogen-bond donors (Lipinski definition) is 0. The zero-order valence-electron chi connectivity index (χ0n) is 17.1. The molecular weight excluding hydrogens is 324 g/mol. The number of carbonyl (C=O) groups excluding carboxylic acids is 1. The Morgan fingerprint density at radius 2 is 1.42 bits per heavy atom. The van der Waals surface area contributed by atoms with Gasteiger partial charge in [-0.1, -0.05) is 65.2 Å². The molecule has 1 aromatic heterocycles. The molecule has 0 radical (unpaired) electrons. The molecule has 4 nitrogen and oxygen atoms in total. The number of hydrogen-bond acceptors (Lipinski definition) is 3. The number of ether oxygens (including phenoxy) is 1.